The van der Waals surface area contributed by atoms with E-state index in [2.05, 4.69) is 24.1 Å². The lowest BCUT2D eigenvalue weighted by molar-refractivity contribution is -0.136. The van der Waals surface area contributed by atoms with Crippen LogP contribution < -0.4 is 10.5 Å². The number of amides is 1. The first-order valence-electron chi connectivity index (χ1n) is 9.62. The van der Waals surface area contributed by atoms with Crippen LogP contribution in [0.1, 0.15) is 38.1 Å². The fourth-order valence-electron chi connectivity index (χ4n) is 3.69. The van der Waals surface area contributed by atoms with Gasteiger partial charge in [-0.3, -0.25) is 4.79 Å². The van der Waals surface area contributed by atoms with Gasteiger partial charge in [0, 0.05) is 25.0 Å². The average molecular weight is 405 g/mol. The van der Waals surface area contributed by atoms with Crippen molar-refractivity contribution in [3.8, 4) is 22.8 Å². The van der Waals surface area contributed by atoms with Crippen LogP contribution in [0, 0.1) is 0 Å². The van der Waals surface area contributed by atoms with E-state index >= 15 is 0 Å². The molecule has 28 heavy (non-hydrogen) atoms. The number of hydrogen-bond acceptors (Lipinski definition) is 6. The Morgan fingerprint density at radius 1 is 1.46 bits per heavy atom. The highest BCUT2D eigenvalue weighted by Gasteiger charge is 2.34. The number of nitrogens with two attached hydrogens (primary N) is 1. The predicted octanol–water partition coefficient (Wildman–Crippen LogP) is 2.59. The van der Waals surface area contributed by atoms with Crippen LogP contribution in [0.25, 0.3) is 11.3 Å². The number of aromatic nitrogens is 2. The molecule has 0 aliphatic carbocycles. The van der Waals surface area contributed by atoms with Gasteiger partial charge in [-0.15, -0.1) is 0 Å². The van der Waals surface area contributed by atoms with Crippen molar-refractivity contribution in [2.75, 3.05) is 19.4 Å². The molecule has 0 fully saturated rings. The molecule has 3 N–H and O–H groups in total. The average Bonchev–Trinajstić information content (AvgIpc) is 3.14. The maximum atomic E-state index is 12.8. The number of carbonyl (C=O) groups excluding carboxylic acids is 1. The summed E-state index contributed by atoms with van der Waals surface area (Å²) >= 11 is 4.18. The molecule has 0 spiro atoms. The molecule has 0 unspecified atom stereocenters. The maximum absolute atomic E-state index is 12.8. The van der Waals surface area contributed by atoms with Crippen LogP contribution in [0.3, 0.4) is 0 Å². The molecule has 1 aromatic carbocycles. The quantitative estimate of drug-likeness (QED) is 0.617. The van der Waals surface area contributed by atoms with Crippen LogP contribution >= 0.6 is 12.6 Å². The lowest BCUT2D eigenvalue weighted by Gasteiger charge is -2.37. The number of phenols is 1. The largest absolute Gasteiger partial charge is 0.507 e. The third-order valence-electron chi connectivity index (χ3n) is 5.17. The fourth-order valence-corrected chi connectivity index (χ4v) is 3.85. The highest BCUT2D eigenvalue weighted by molar-refractivity contribution is 7.80. The molecule has 1 aromatic heterocycles. The molecule has 1 amide bonds. The van der Waals surface area contributed by atoms with E-state index in [0.717, 1.165) is 25.1 Å². The summed E-state index contributed by atoms with van der Waals surface area (Å²) in [5.41, 5.74) is 7.17. The van der Waals surface area contributed by atoms with Gasteiger partial charge >= 0.3 is 0 Å². The van der Waals surface area contributed by atoms with E-state index in [-0.39, 0.29) is 17.7 Å². The topological polar surface area (TPSA) is 93.6 Å². The molecule has 2 aromatic rings. The van der Waals surface area contributed by atoms with Crippen LogP contribution in [-0.2, 0) is 11.3 Å². The number of unbranched alkanes of at least 4 members (excludes halogenated alkanes) is 1. The van der Waals surface area contributed by atoms with E-state index in [1.165, 1.54) is 0 Å². The number of aromatic hydroxyl groups is 1. The van der Waals surface area contributed by atoms with E-state index in [1.54, 1.807) is 25.3 Å². The Morgan fingerprint density at radius 2 is 2.25 bits per heavy atom. The van der Waals surface area contributed by atoms with Crippen molar-refractivity contribution in [3.63, 3.8) is 0 Å². The van der Waals surface area contributed by atoms with Crippen molar-refractivity contribution in [2.24, 2.45) is 5.73 Å². The van der Waals surface area contributed by atoms with E-state index in [1.807, 2.05) is 11.1 Å². The molecule has 2 heterocycles. The van der Waals surface area contributed by atoms with Gasteiger partial charge in [0.15, 0.2) is 0 Å². The normalized spacial score (nSPS) is 17.3. The summed E-state index contributed by atoms with van der Waals surface area (Å²) in [7, 11) is 1.57. The Kier molecular flexibility index (Phi) is 6.51. The first kappa shape index (κ1) is 20.5. The zero-order valence-corrected chi connectivity index (χ0v) is 17.2. The van der Waals surface area contributed by atoms with Gasteiger partial charge in [0.05, 0.1) is 30.5 Å². The minimum absolute atomic E-state index is 0.0907. The second kappa shape index (κ2) is 8.87. The number of hydrogen-bond donors (Lipinski definition) is 3. The molecule has 152 valence electrons. The van der Waals surface area contributed by atoms with Crippen molar-refractivity contribution in [3.05, 3.63) is 30.2 Å². The van der Waals surface area contributed by atoms with Crippen LogP contribution in [0.5, 0.6) is 11.5 Å². The fraction of sp³-hybridized carbons (Fsp3) is 0.500. The zero-order valence-electron chi connectivity index (χ0n) is 16.3. The molecule has 8 heteroatoms. The summed E-state index contributed by atoms with van der Waals surface area (Å²) in [5.74, 6) is 1.72. The second-order valence-corrected chi connectivity index (χ2v) is 7.38. The standard InChI is InChI=1S/C20H28N4O3S/c1-3-4-6-15-19-22-14(18-16(25)7-5-8-17(18)27-2)11-23(19)9-10-24(15)20(26)13(21)12-28/h5,7-8,11,13,15,25,28H,3-4,6,9-10,12,21H2,1-2H3/t13-,15+/m1/s1. The number of nitrogens with zero attached hydrogens (tertiary/aromatic N) is 3. The number of phenolic OH excluding ortho intramolecular Hbond substituents is 1. The highest BCUT2D eigenvalue weighted by atomic mass is 32.1. The number of methoxy groups -OCH3 is 1. The minimum Gasteiger partial charge on any atom is -0.507 e. The van der Waals surface area contributed by atoms with Gasteiger partial charge in [0.1, 0.15) is 17.3 Å². The number of ether oxygens (including phenoxy) is 1. The minimum atomic E-state index is -0.619. The third kappa shape index (κ3) is 3.84. The van der Waals surface area contributed by atoms with Crippen LogP contribution in [0.2, 0.25) is 0 Å². The van der Waals surface area contributed by atoms with Gasteiger partial charge in [0.25, 0.3) is 0 Å². The second-order valence-electron chi connectivity index (χ2n) is 7.01. The number of imidazole rings is 1. The van der Waals surface area contributed by atoms with Crippen LogP contribution in [-0.4, -0.2) is 50.9 Å². The van der Waals surface area contributed by atoms with Crippen molar-refractivity contribution < 1.29 is 14.6 Å². The highest BCUT2D eigenvalue weighted by Crippen LogP contribution is 2.39. The molecule has 0 bridgehead atoms. The Hall–Kier alpha value is -2.19. The zero-order chi connectivity index (χ0) is 20.3. The number of fused-ring (bicyclic) bond motifs is 1. The van der Waals surface area contributed by atoms with Gasteiger partial charge in [0.2, 0.25) is 5.91 Å². The van der Waals surface area contributed by atoms with E-state index < -0.39 is 6.04 Å². The van der Waals surface area contributed by atoms with E-state index in [4.69, 9.17) is 15.5 Å². The number of rotatable bonds is 7. The van der Waals surface area contributed by atoms with Crippen molar-refractivity contribution in [1.82, 2.24) is 14.5 Å². The lowest BCUT2D eigenvalue weighted by atomic mass is 10.0. The smallest absolute Gasteiger partial charge is 0.241 e. The summed E-state index contributed by atoms with van der Waals surface area (Å²) in [4.78, 5) is 19.4. The lowest BCUT2D eigenvalue weighted by Crippen LogP contribution is -2.50. The van der Waals surface area contributed by atoms with E-state index in [0.29, 0.717) is 35.8 Å². The summed E-state index contributed by atoms with van der Waals surface area (Å²) in [6.45, 7) is 3.33. The number of carbonyl (C=O) groups is 1. The first-order valence-corrected chi connectivity index (χ1v) is 10.2. The van der Waals surface area contributed by atoms with Crippen molar-refractivity contribution in [2.45, 2.75) is 44.8 Å². The molecule has 0 saturated carbocycles. The molecule has 1 aliphatic heterocycles. The molecule has 0 saturated heterocycles. The van der Waals surface area contributed by atoms with Crippen LogP contribution in [0.4, 0.5) is 0 Å². The van der Waals surface area contributed by atoms with Gasteiger partial charge < -0.3 is 25.0 Å². The summed E-state index contributed by atoms with van der Waals surface area (Å²) in [5, 5.41) is 10.4. The molecule has 3 rings (SSSR count). The molecular formula is C20H28N4O3S. The van der Waals surface area contributed by atoms with Crippen LogP contribution in [0.15, 0.2) is 24.4 Å². The SMILES string of the molecule is CCCC[C@H]1c2nc(-c3c(O)cccc3OC)cn2CCN1C(=O)[C@H](N)CS. The van der Waals surface area contributed by atoms with Crippen molar-refractivity contribution in [1.29, 1.82) is 0 Å². The van der Waals surface area contributed by atoms with Gasteiger partial charge in [-0.05, 0) is 18.6 Å². The molecule has 2 atom stereocenters. The monoisotopic (exact) mass is 404 g/mol. The Morgan fingerprint density at radius 3 is 2.93 bits per heavy atom. The molecule has 1 aliphatic rings. The maximum Gasteiger partial charge on any atom is 0.241 e. The Bertz CT molecular complexity index is 839. The first-order chi connectivity index (χ1) is 13.5. The molecule has 7 nitrogen and oxygen atoms in total. The summed E-state index contributed by atoms with van der Waals surface area (Å²) < 4.78 is 7.48. The Labute approximate surface area is 170 Å². The Balaban J connectivity index is 2.02. The third-order valence-corrected chi connectivity index (χ3v) is 5.57. The summed E-state index contributed by atoms with van der Waals surface area (Å²) in [6, 6.07) is 4.39. The van der Waals surface area contributed by atoms with E-state index in [9.17, 15) is 9.90 Å². The van der Waals surface area contributed by atoms with Gasteiger partial charge in [-0.2, -0.15) is 12.6 Å². The van der Waals surface area contributed by atoms with Gasteiger partial charge in [-0.1, -0.05) is 25.8 Å². The number of benzene rings is 1. The van der Waals surface area contributed by atoms with Gasteiger partial charge in [-0.25, -0.2) is 4.98 Å². The predicted molar refractivity (Wildman–Crippen MR) is 112 cm³/mol. The molecular weight excluding hydrogens is 376 g/mol. The molecule has 0 radical (unpaired) electrons. The van der Waals surface area contributed by atoms with Crippen molar-refractivity contribution >= 4 is 18.5 Å². The number of thiol groups is 1. The summed E-state index contributed by atoms with van der Waals surface area (Å²) in [6.07, 6.45) is 4.74.